The number of halogens is 12. The second kappa shape index (κ2) is 3.73. The van der Waals surface area contributed by atoms with Crippen LogP contribution in [0.5, 0.6) is 0 Å². The SMILES string of the molecule is CC(F)(F)C1(F)C(F)(F)C(F)(F)C(F)(C(C)(F)F)C1(F)F. The van der Waals surface area contributed by atoms with Gasteiger partial charge in [0.2, 0.25) is 0 Å². The van der Waals surface area contributed by atoms with E-state index in [9.17, 15) is 52.7 Å². The Kier molecular flexibility index (Phi) is 3.23. The van der Waals surface area contributed by atoms with Gasteiger partial charge in [-0.15, -0.1) is 0 Å². The minimum absolute atomic E-state index is 0.968. The van der Waals surface area contributed by atoms with E-state index in [0.717, 1.165) is 0 Å². The highest BCUT2D eigenvalue weighted by atomic mass is 19.4. The molecule has 0 aliphatic heterocycles. The van der Waals surface area contributed by atoms with Gasteiger partial charge >= 0.3 is 29.1 Å². The molecule has 0 N–H and O–H groups in total. The van der Waals surface area contributed by atoms with Crippen molar-refractivity contribution in [3.05, 3.63) is 0 Å². The largest absolute Gasteiger partial charge is 0.359 e. The highest BCUT2D eigenvalue weighted by Gasteiger charge is 3.06. The Labute approximate surface area is 109 Å². The van der Waals surface area contributed by atoms with Gasteiger partial charge in [0.05, 0.1) is 0 Å². The molecule has 0 bridgehead atoms. The third-order valence-electron chi connectivity index (χ3n) is 3.33. The molecule has 0 radical (unpaired) electrons. The molecule has 0 heterocycles. The Morgan fingerprint density at radius 2 is 0.667 bits per heavy atom. The van der Waals surface area contributed by atoms with E-state index in [2.05, 4.69) is 0 Å². The zero-order valence-corrected chi connectivity index (χ0v) is 10.0. The van der Waals surface area contributed by atoms with Crippen LogP contribution in [0.3, 0.4) is 0 Å². The number of rotatable bonds is 2. The summed E-state index contributed by atoms with van der Waals surface area (Å²) >= 11 is 0. The van der Waals surface area contributed by atoms with E-state index in [0.29, 0.717) is 0 Å². The van der Waals surface area contributed by atoms with Crippen LogP contribution in [0.4, 0.5) is 52.7 Å². The summed E-state index contributed by atoms with van der Waals surface area (Å²) in [6.45, 7) is -1.94. The van der Waals surface area contributed by atoms with E-state index >= 15 is 0 Å². The second-order valence-electron chi connectivity index (χ2n) is 4.82. The Morgan fingerprint density at radius 3 is 0.762 bits per heavy atom. The van der Waals surface area contributed by atoms with Crippen LogP contribution in [0.1, 0.15) is 13.8 Å². The lowest BCUT2D eigenvalue weighted by Gasteiger charge is -2.37. The third-order valence-corrected chi connectivity index (χ3v) is 3.33. The van der Waals surface area contributed by atoms with Gasteiger partial charge in [-0.3, -0.25) is 0 Å². The van der Waals surface area contributed by atoms with Crippen LogP contribution in [0, 0.1) is 0 Å². The molecule has 0 aromatic heterocycles. The summed E-state index contributed by atoms with van der Waals surface area (Å²) in [4.78, 5) is 0. The normalized spacial score (nSPS) is 38.6. The van der Waals surface area contributed by atoms with Crippen LogP contribution in [-0.4, -0.2) is 41.0 Å². The molecule has 1 fully saturated rings. The first-order chi connectivity index (χ1) is 8.75. The summed E-state index contributed by atoms with van der Waals surface area (Å²) in [5, 5.41) is 0. The summed E-state index contributed by atoms with van der Waals surface area (Å²) in [6, 6.07) is 0. The van der Waals surface area contributed by atoms with Crippen molar-refractivity contribution in [1.82, 2.24) is 0 Å². The van der Waals surface area contributed by atoms with Crippen LogP contribution in [0.2, 0.25) is 0 Å². The highest BCUT2D eigenvalue weighted by molar-refractivity contribution is 5.35. The fraction of sp³-hybridized carbons (Fsp3) is 1.00. The van der Waals surface area contributed by atoms with Crippen molar-refractivity contribution >= 4 is 0 Å². The molecule has 0 aromatic rings. The third kappa shape index (κ3) is 1.46. The number of hydrogen-bond acceptors (Lipinski definition) is 0. The molecule has 2 unspecified atom stereocenters. The van der Waals surface area contributed by atoms with Crippen LogP contribution in [0.15, 0.2) is 0 Å². The molecule has 1 aliphatic rings. The lowest BCUT2D eigenvalue weighted by Crippen LogP contribution is -2.67. The molecule has 1 rings (SSSR count). The predicted molar refractivity (Wildman–Crippen MR) is 43.8 cm³/mol. The zero-order valence-electron chi connectivity index (χ0n) is 10.0. The highest BCUT2D eigenvalue weighted by Crippen LogP contribution is 2.74. The molecular formula is C9H6F12. The minimum atomic E-state index is -7.10. The molecular weight excluding hydrogens is 336 g/mol. The van der Waals surface area contributed by atoms with Crippen molar-refractivity contribution in [2.75, 3.05) is 0 Å². The van der Waals surface area contributed by atoms with Gasteiger partial charge in [-0.1, -0.05) is 0 Å². The van der Waals surface area contributed by atoms with Crippen LogP contribution >= 0.6 is 0 Å². The van der Waals surface area contributed by atoms with Gasteiger partial charge in [0.1, 0.15) is 0 Å². The Morgan fingerprint density at radius 1 is 0.476 bits per heavy atom. The Bertz CT molecular complexity index is 403. The van der Waals surface area contributed by atoms with Crippen LogP contribution < -0.4 is 0 Å². The minimum Gasteiger partial charge on any atom is -0.223 e. The quantitative estimate of drug-likeness (QED) is 0.642. The molecule has 0 amide bonds. The molecule has 126 valence electrons. The Balaban J connectivity index is 3.94. The first kappa shape index (κ1) is 18.2. The van der Waals surface area contributed by atoms with Gasteiger partial charge in [-0.05, 0) is 0 Å². The topological polar surface area (TPSA) is 0 Å². The van der Waals surface area contributed by atoms with E-state index in [-0.39, 0.29) is 0 Å². The van der Waals surface area contributed by atoms with Gasteiger partial charge in [0, 0.05) is 13.8 Å². The molecule has 0 aromatic carbocycles. The van der Waals surface area contributed by atoms with E-state index in [1.165, 1.54) is 0 Å². The molecule has 2 atom stereocenters. The first-order valence-corrected chi connectivity index (χ1v) is 5.02. The zero-order chi connectivity index (χ0) is 17.5. The van der Waals surface area contributed by atoms with Crippen molar-refractivity contribution in [2.24, 2.45) is 0 Å². The average molecular weight is 342 g/mol. The molecule has 21 heavy (non-hydrogen) atoms. The molecule has 0 nitrogen and oxygen atoms in total. The summed E-state index contributed by atoms with van der Waals surface area (Å²) in [6.07, 6.45) is 0. The maximum atomic E-state index is 13.6. The van der Waals surface area contributed by atoms with Gasteiger partial charge in [-0.2, -0.15) is 26.3 Å². The number of alkyl halides is 12. The van der Waals surface area contributed by atoms with Crippen LogP contribution in [0.25, 0.3) is 0 Å². The van der Waals surface area contributed by atoms with E-state index in [1.54, 1.807) is 0 Å². The van der Waals surface area contributed by atoms with Gasteiger partial charge in [0.15, 0.2) is 0 Å². The van der Waals surface area contributed by atoms with Crippen molar-refractivity contribution < 1.29 is 52.7 Å². The van der Waals surface area contributed by atoms with Gasteiger partial charge < -0.3 is 0 Å². The molecule has 0 saturated heterocycles. The summed E-state index contributed by atoms with van der Waals surface area (Å²) in [5.74, 6) is -33.2. The van der Waals surface area contributed by atoms with Gasteiger partial charge in [0.25, 0.3) is 11.8 Å². The monoisotopic (exact) mass is 342 g/mol. The fourth-order valence-electron chi connectivity index (χ4n) is 2.17. The smallest absolute Gasteiger partial charge is 0.223 e. The Hall–Kier alpha value is -0.840. The summed E-state index contributed by atoms with van der Waals surface area (Å²) in [7, 11) is 0. The predicted octanol–water partition coefficient (Wildman–Crippen LogP) is 4.63. The maximum absolute atomic E-state index is 13.6. The molecule has 1 saturated carbocycles. The summed E-state index contributed by atoms with van der Waals surface area (Å²) in [5.41, 5.74) is -13.7. The molecule has 1 aliphatic carbocycles. The fourth-order valence-corrected chi connectivity index (χ4v) is 2.17. The van der Waals surface area contributed by atoms with Crippen molar-refractivity contribution in [2.45, 2.75) is 54.8 Å². The second-order valence-corrected chi connectivity index (χ2v) is 4.82. The number of hydrogen-bond donors (Lipinski definition) is 0. The van der Waals surface area contributed by atoms with Crippen molar-refractivity contribution in [3.8, 4) is 0 Å². The summed E-state index contributed by atoms with van der Waals surface area (Å²) < 4.78 is 158. The van der Waals surface area contributed by atoms with Crippen molar-refractivity contribution in [1.29, 1.82) is 0 Å². The van der Waals surface area contributed by atoms with E-state index in [1.807, 2.05) is 0 Å². The average Bonchev–Trinajstić information content (AvgIpc) is 2.27. The van der Waals surface area contributed by atoms with Crippen LogP contribution in [-0.2, 0) is 0 Å². The van der Waals surface area contributed by atoms with E-state index in [4.69, 9.17) is 0 Å². The van der Waals surface area contributed by atoms with E-state index < -0.39 is 54.8 Å². The molecule has 0 spiro atoms. The lowest BCUT2D eigenvalue weighted by atomic mass is 9.85. The first-order valence-electron chi connectivity index (χ1n) is 5.02. The standard InChI is InChI=1S/C9H6F12/c1-3(10,11)5(14)7(16,17)6(15,4(2,12)13)9(20,21)8(5,18)19/h1-2H3. The lowest BCUT2D eigenvalue weighted by molar-refractivity contribution is -0.320. The van der Waals surface area contributed by atoms with Crippen molar-refractivity contribution in [3.63, 3.8) is 0 Å². The molecule has 12 heteroatoms. The van der Waals surface area contributed by atoms with Gasteiger partial charge in [-0.25, -0.2) is 26.3 Å². The maximum Gasteiger partial charge on any atom is 0.359 e.